The zero-order valence-corrected chi connectivity index (χ0v) is 9.12. The SMILES string of the molecule is C=C(CC)CC(=O)c1ccncc1OC. The van der Waals surface area contributed by atoms with Gasteiger partial charge in [-0.25, -0.2) is 0 Å². The Morgan fingerprint density at radius 1 is 1.60 bits per heavy atom. The van der Waals surface area contributed by atoms with Gasteiger partial charge in [0.15, 0.2) is 5.78 Å². The highest BCUT2D eigenvalue weighted by Gasteiger charge is 2.12. The zero-order valence-electron chi connectivity index (χ0n) is 9.12. The topological polar surface area (TPSA) is 39.2 Å². The number of rotatable bonds is 5. The van der Waals surface area contributed by atoms with Crippen LogP contribution in [0.5, 0.6) is 5.75 Å². The summed E-state index contributed by atoms with van der Waals surface area (Å²) >= 11 is 0. The molecular weight excluding hydrogens is 190 g/mol. The fraction of sp³-hybridized carbons (Fsp3) is 0.333. The maximum Gasteiger partial charge on any atom is 0.170 e. The van der Waals surface area contributed by atoms with E-state index in [1.165, 1.54) is 7.11 Å². The Kier molecular flexibility index (Phi) is 4.03. The van der Waals surface area contributed by atoms with Crippen molar-refractivity contribution >= 4 is 5.78 Å². The molecule has 0 N–H and O–H groups in total. The third-order valence-electron chi connectivity index (χ3n) is 2.22. The molecule has 15 heavy (non-hydrogen) atoms. The van der Waals surface area contributed by atoms with Crippen LogP contribution in [0.4, 0.5) is 0 Å². The quantitative estimate of drug-likeness (QED) is 0.548. The summed E-state index contributed by atoms with van der Waals surface area (Å²) < 4.78 is 5.07. The Bertz CT molecular complexity index is 372. The number of ether oxygens (including phenoxy) is 1. The van der Waals surface area contributed by atoms with Crippen molar-refractivity contribution in [2.24, 2.45) is 0 Å². The normalized spacial score (nSPS) is 9.73. The molecule has 0 radical (unpaired) electrons. The van der Waals surface area contributed by atoms with Gasteiger partial charge in [-0.15, -0.1) is 0 Å². The molecule has 0 spiro atoms. The van der Waals surface area contributed by atoms with Crippen molar-refractivity contribution in [1.29, 1.82) is 0 Å². The molecule has 0 unspecified atom stereocenters. The van der Waals surface area contributed by atoms with Crippen molar-refractivity contribution < 1.29 is 9.53 Å². The first kappa shape index (κ1) is 11.4. The van der Waals surface area contributed by atoms with Crippen LogP contribution in [0.1, 0.15) is 30.1 Å². The summed E-state index contributed by atoms with van der Waals surface area (Å²) in [4.78, 5) is 15.7. The first-order chi connectivity index (χ1) is 7.19. The highest BCUT2D eigenvalue weighted by molar-refractivity contribution is 5.99. The standard InChI is InChI=1S/C12H15NO2/c1-4-9(2)7-11(14)10-5-6-13-8-12(10)15-3/h5-6,8H,2,4,7H2,1,3H3. The highest BCUT2D eigenvalue weighted by atomic mass is 16.5. The van der Waals surface area contributed by atoms with Gasteiger partial charge in [-0.3, -0.25) is 9.78 Å². The number of aromatic nitrogens is 1. The number of Topliss-reactive ketones (excluding diaryl/α,β-unsaturated/α-hetero) is 1. The van der Waals surface area contributed by atoms with Gasteiger partial charge in [-0.05, 0) is 12.5 Å². The van der Waals surface area contributed by atoms with Crippen LogP contribution in [0.3, 0.4) is 0 Å². The van der Waals surface area contributed by atoms with E-state index in [9.17, 15) is 4.79 Å². The zero-order chi connectivity index (χ0) is 11.3. The molecule has 80 valence electrons. The lowest BCUT2D eigenvalue weighted by molar-refractivity contribution is 0.0989. The second-order valence-electron chi connectivity index (χ2n) is 3.28. The number of nitrogens with zero attached hydrogens (tertiary/aromatic N) is 1. The van der Waals surface area contributed by atoms with Crippen LogP contribution >= 0.6 is 0 Å². The molecule has 3 heteroatoms. The number of hydrogen-bond donors (Lipinski definition) is 0. The number of hydrogen-bond acceptors (Lipinski definition) is 3. The minimum absolute atomic E-state index is 0.0288. The molecule has 1 rings (SSSR count). The summed E-state index contributed by atoms with van der Waals surface area (Å²) in [5.41, 5.74) is 1.50. The largest absolute Gasteiger partial charge is 0.494 e. The molecule has 0 amide bonds. The number of allylic oxidation sites excluding steroid dienone is 1. The second kappa shape index (κ2) is 5.29. The van der Waals surface area contributed by atoms with Gasteiger partial charge in [0.25, 0.3) is 0 Å². The maximum atomic E-state index is 11.8. The average Bonchev–Trinajstić information content (AvgIpc) is 2.28. The highest BCUT2D eigenvalue weighted by Crippen LogP contribution is 2.19. The second-order valence-corrected chi connectivity index (χ2v) is 3.28. The Balaban J connectivity index is 2.86. The predicted molar refractivity (Wildman–Crippen MR) is 59.2 cm³/mol. The number of carbonyl (C=O) groups excluding carboxylic acids is 1. The van der Waals surface area contributed by atoms with Crippen molar-refractivity contribution in [3.05, 3.63) is 36.2 Å². The number of carbonyl (C=O) groups is 1. The van der Waals surface area contributed by atoms with E-state index >= 15 is 0 Å². The Morgan fingerprint density at radius 2 is 2.33 bits per heavy atom. The van der Waals surface area contributed by atoms with Gasteiger partial charge < -0.3 is 4.74 Å². The first-order valence-corrected chi connectivity index (χ1v) is 4.86. The van der Waals surface area contributed by atoms with E-state index in [1.54, 1.807) is 18.5 Å². The van der Waals surface area contributed by atoms with Gasteiger partial charge in [0.05, 0.1) is 18.9 Å². The van der Waals surface area contributed by atoms with Crippen LogP contribution in [-0.4, -0.2) is 17.9 Å². The van der Waals surface area contributed by atoms with Crippen molar-refractivity contribution in [2.75, 3.05) is 7.11 Å². The van der Waals surface area contributed by atoms with E-state index in [0.29, 0.717) is 17.7 Å². The van der Waals surface area contributed by atoms with E-state index in [4.69, 9.17) is 4.74 Å². The van der Waals surface area contributed by atoms with Gasteiger partial charge in [0.2, 0.25) is 0 Å². The minimum atomic E-state index is 0.0288. The Hall–Kier alpha value is -1.64. The smallest absolute Gasteiger partial charge is 0.170 e. The number of ketones is 1. The van der Waals surface area contributed by atoms with Crippen LogP contribution in [-0.2, 0) is 0 Å². The molecule has 0 aliphatic rings. The Morgan fingerprint density at radius 3 is 2.93 bits per heavy atom. The first-order valence-electron chi connectivity index (χ1n) is 4.86. The molecule has 1 aromatic rings. The fourth-order valence-corrected chi connectivity index (χ4v) is 1.22. The van der Waals surface area contributed by atoms with Gasteiger partial charge >= 0.3 is 0 Å². The van der Waals surface area contributed by atoms with E-state index < -0.39 is 0 Å². The molecule has 0 saturated carbocycles. The van der Waals surface area contributed by atoms with Crippen LogP contribution < -0.4 is 4.74 Å². The summed E-state index contributed by atoms with van der Waals surface area (Å²) in [6, 6.07) is 1.67. The monoisotopic (exact) mass is 205 g/mol. The third-order valence-corrected chi connectivity index (χ3v) is 2.22. The molecule has 0 atom stereocenters. The van der Waals surface area contributed by atoms with Crippen molar-refractivity contribution in [3.63, 3.8) is 0 Å². The lowest BCUT2D eigenvalue weighted by Crippen LogP contribution is -2.03. The van der Waals surface area contributed by atoms with Crippen molar-refractivity contribution in [1.82, 2.24) is 4.98 Å². The summed E-state index contributed by atoms with van der Waals surface area (Å²) in [5.74, 6) is 0.549. The van der Waals surface area contributed by atoms with E-state index in [1.807, 2.05) is 6.92 Å². The third kappa shape index (κ3) is 2.91. The number of pyridine rings is 1. The van der Waals surface area contributed by atoms with Crippen LogP contribution in [0.15, 0.2) is 30.6 Å². The van der Waals surface area contributed by atoms with Crippen molar-refractivity contribution in [2.45, 2.75) is 19.8 Å². The van der Waals surface area contributed by atoms with Crippen LogP contribution in [0.25, 0.3) is 0 Å². The Labute approximate surface area is 89.8 Å². The molecule has 0 aromatic carbocycles. The lowest BCUT2D eigenvalue weighted by Gasteiger charge is -2.06. The molecule has 0 aliphatic carbocycles. The van der Waals surface area contributed by atoms with E-state index in [-0.39, 0.29) is 5.78 Å². The van der Waals surface area contributed by atoms with Crippen LogP contribution in [0.2, 0.25) is 0 Å². The maximum absolute atomic E-state index is 11.8. The predicted octanol–water partition coefficient (Wildman–Crippen LogP) is 2.63. The average molecular weight is 205 g/mol. The molecule has 1 heterocycles. The molecule has 0 aliphatic heterocycles. The molecule has 3 nitrogen and oxygen atoms in total. The lowest BCUT2D eigenvalue weighted by atomic mass is 10.0. The molecule has 0 saturated heterocycles. The fourth-order valence-electron chi connectivity index (χ4n) is 1.22. The van der Waals surface area contributed by atoms with Gasteiger partial charge in [-0.2, -0.15) is 0 Å². The van der Waals surface area contributed by atoms with E-state index in [0.717, 1.165) is 12.0 Å². The summed E-state index contributed by atoms with van der Waals surface area (Å²) in [7, 11) is 1.53. The van der Waals surface area contributed by atoms with E-state index in [2.05, 4.69) is 11.6 Å². The molecule has 0 bridgehead atoms. The summed E-state index contributed by atoms with van der Waals surface area (Å²) in [5, 5.41) is 0. The summed E-state index contributed by atoms with van der Waals surface area (Å²) in [6.45, 7) is 5.80. The molecule has 0 fully saturated rings. The molecular formula is C12H15NO2. The number of methoxy groups -OCH3 is 1. The summed E-state index contributed by atoms with van der Waals surface area (Å²) in [6.07, 6.45) is 4.32. The minimum Gasteiger partial charge on any atom is -0.494 e. The van der Waals surface area contributed by atoms with Gasteiger partial charge in [0.1, 0.15) is 5.75 Å². The van der Waals surface area contributed by atoms with Gasteiger partial charge in [-0.1, -0.05) is 19.1 Å². The van der Waals surface area contributed by atoms with Crippen LogP contribution in [0, 0.1) is 0 Å². The van der Waals surface area contributed by atoms with Crippen molar-refractivity contribution in [3.8, 4) is 5.75 Å². The molecule has 1 aromatic heterocycles. The van der Waals surface area contributed by atoms with Gasteiger partial charge in [0, 0.05) is 12.6 Å².